The number of ketones is 1. The smallest absolute Gasteiger partial charge is 0.181 e. The van der Waals surface area contributed by atoms with Gasteiger partial charge in [0.15, 0.2) is 5.79 Å². The van der Waals surface area contributed by atoms with Gasteiger partial charge in [0, 0.05) is 12.8 Å². The number of allylic oxidation sites excluding steroid dienone is 2. The van der Waals surface area contributed by atoms with Crippen LogP contribution in [0, 0.1) is 5.41 Å². The van der Waals surface area contributed by atoms with Crippen LogP contribution < -0.4 is 0 Å². The van der Waals surface area contributed by atoms with Crippen LogP contribution in [0.15, 0.2) is 25.3 Å². The highest BCUT2D eigenvalue weighted by atomic mass is 16.7. The van der Waals surface area contributed by atoms with Gasteiger partial charge in [-0.2, -0.15) is 0 Å². The topological polar surface area (TPSA) is 35.5 Å². The molecule has 0 unspecified atom stereocenters. The van der Waals surface area contributed by atoms with E-state index in [4.69, 9.17) is 9.47 Å². The molecule has 1 aliphatic carbocycles. The van der Waals surface area contributed by atoms with Crippen molar-refractivity contribution in [3.05, 3.63) is 25.3 Å². The Balaban J connectivity index is 2.27. The van der Waals surface area contributed by atoms with Gasteiger partial charge in [-0.3, -0.25) is 4.79 Å². The Morgan fingerprint density at radius 2 is 1.89 bits per heavy atom. The third-order valence-corrected chi connectivity index (χ3v) is 4.19. The minimum atomic E-state index is -0.681. The molecule has 0 N–H and O–H groups in total. The second-order valence-corrected chi connectivity index (χ2v) is 5.13. The molecule has 100 valence electrons. The van der Waals surface area contributed by atoms with E-state index in [1.54, 1.807) is 6.08 Å². The van der Waals surface area contributed by atoms with Gasteiger partial charge in [0.2, 0.25) is 0 Å². The maximum atomic E-state index is 12.6. The summed E-state index contributed by atoms with van der Waals surface area (Å²) in [5.41, 5.74) is -0.520. The predicted octanol–water partition coefficient (Wildman–Crippen LogP) is 3.01. The number of carbonyl (C=O) groups excluding carboxylic acids is 1. The molecule has 2 fully saturated rings. The summed E-state index contributed by atoms with van der Waals surface area (Å²) >= 11 is 0. The van der Waals surface area contributed by atoms with Crippen molar-refractivity contribution in [2.75, 3.05) is 13.2 Å². The number of hydrogen-bond donors (Lipinski definition) is 0. The summed E-state index contributed by atoms with van der Waals surface area (Å²) in [6, 6.07) is 0. The lowest BCUT2D eigenvalue weighted by atomic mass is 9.73. The van der Waals surface area contributed by atoms with Crippen molar-refractivity contribution >= 4 is 5.78 Å². The van der Waals surface area contributed by atoms with Crippen LogP contribution in [0.3, 0.4) is 0 Å². The number of Topliss-reactive ketones (excluding diaryl/α,β-unsaturated/α-hetero) is 1. The highest BCUT2D eigenvalue weighted by Gasteiger charge is 2.61. The third kappa shape index (κ3) is 1.95. The first-order valence-corrected chi connectivity index (χ1v) is 6.74. The van der Waals surface area contributed by atoms with Gasteiger partial charge in [-0.15, -0.1) is 13.2 Å². The second-order valence-electron chi connectivity index (χ2n) is 5.13. The van der Waals surface area contributed by atoms with Crippen LogP contribution in [0.5, 0.6) is 0 Å². The van der Waals surface area contributed by atoms with Gasteiger partial charge in [0.05, 0.1) is 18.6 Å². The normalized spacial score (nSPS) is 29.6. The van der Waals surface area contributed by atoms with Crippen LogP contribution in [-0.4, -0.2) is 24.8 Å². The molecule has 0 aromatic rings. The lowest BCUT2D eigenvalue weighted by Crippen LogP contribution is -2.50. The monoisotopic (exact) mass is 250 g/mol. The van der Waals surface area contributed by atoms with Crippen LogP contribution in [0.25, 0.3) is 0 Å². The highest BCUT2D eigenvalue weighted by Crippen LogP contribution is 2.54. The third-order valence-electron chi connectivity index (χ3n) is 4.19. The van der Waals surface area contributed by atoms with Crippen LogP contribution in [-0.2, 0) is 14.3 Å². The zero-order valence-electron chi connectivity index (χ0n) is 11.0. The molecule has 0 aromatic carbocycles. The Kier molecular flexibility index (Phi) is 4.03. The molecular weight excluding hydrogens is 228 g/mol. The number of ether oxygens (including phenoxy) is 2. The quantitative estimate of drug-likeness (QED) is 0.680. The molecule has 0 bridgehead atoms. The van der Waals surface area contributed by atoms with Gasteiger partial charge in [-0.1, -0.05) is 12.2 Å². The first kappa shape index (κ1) is 13.5. The molecule has 1 atom stereocenters. The maximum Gasteiger partial charge on any atom is 0.181 e. The molecule has 2 rings (SSSR count). The number of rotatable bonds is 6. The SMILES string of the molecule is C=CCCC(=O)[C@@]1(CC=C)CCCC12OCCO2. The number of carbonyl (C=O) groups is 1. The van der Waals surface area contributed by atoms with E-state index in [-0.39, 0.29) is 5.78 Å². The Hall–Kier alpha value is -0.930. The van der Waals surface area contributed by atoms with Crippen molar-refractivity contribution in [3.63, 3.8) is 0 Å². The van der Waals surface area contributed by atoms with Crippen molar-refractivity contribution in [3.8, 4) is 0 Å². The Morgan fingerprint density at radius 3 is 2.50 bits per heavy atom. The van der Waals surface area contributed by atoms with Crippen molar-refractivity contribution in [1.82, 2.24) is 0 Å². The lowest BCUT2D eigenvalue weighted by Gasteiger charge is -2.40. The molecular formula is C15H22O3. The molecule has 1 saturated heterocycles. The summed E-state index contributed by atoms with van der Waals surface area (Å²) in [5.74, 6) is -0.443. The molecule has 0 amide bonds. The summed E-state index contributed by atoms with van der Waals surface area (Å²) in [6.45, 7) is 8.67. The fourth-order valence-electron chi connectivity index (χ4n) is 3.37. The minimum Gasteiger partial charge on any atom is -0.346 e. The molecule has 0 aromatic heterocycles. The van der Waals surface area contributed by atoms with Crippen LogP contribution in [0.2, 0.25) is 0 Å². The van der Waals surface area contributed by atoms with E-state index < -0.39 is 11.2 Å². The van der Waals surface area contributed by atoms with E-state index in [0.717, 1.165) is 19.3 Å². The zero-order chi connectivity index (χ0) is 13.1. The molecule has 0 radical (unpaired) electrons. The Morgan fingerprint density at radius 1 is 1.17 bits per heavy atom. The molecule has 3 heteroatoms. The van der Waals surface area contributed by atoms with E-state index in [1.165, 1.54) is 0 Å². The standard InChI is InChI=1S/C15H22O3/c1-3-5-7-13(16)14(8-4-2)9-6-10-15(14)17-11-12-18-15/h3-4H,1-2,5-12H2/t14-/m1/s1. The van der Waals surface area contributed by atoms with Crippen LogP contribution in [0.1, 0.15) is 38.5 Å². The fraction of sp³-hybridized carbons (Fsp3) is 0.667. The molecule has 1 heterocycles. The second kappa shape index (κ2) is 5.37. The van der Waals surface area contributed by atoms with Crippen LogP contribution in [0.4, 0.5) is 0 Å². The average molecular weight is 250 g/mol. The van der Waals surface area contributed by atoms with Crippen molar-refractivity contribution < 1.29 is 14.3 Å². The lowest BCUT2D eigenvalue weighted by molar-refractivity contribution is -0.218. The van der Waals surface area contributed by atoms with E-state index in [2.05, 4.69) is 13.2 Å². The van der Waals surface area contributed by atoms with Gasteiger partial charge in [-0.05, 0) is 25.7 Å². The molecule has 2 aliphatic rings. The minimum absolute atomic E-state index is 0.238. The largest absolute Gasteiger partial charge is 0.346 e. The number of hydrogen-bond acceptors (Lipinski definition) is 3. The Labute approximate surface area is 109 Å². The summed E-state index contributed by atoms with van der Waals surface area (Å²) in [7, 11) is 0. The molecule has 3 nitrogen and oxygen atoms in total. The summed E-state index contributed by atoms with van der Waals surface area (Å²) < 4.78 is 11.7. The summed E-state index contributed by atoms with van der Waals surface area (Å²) in [5, 5.41) is 0. The summed E-state index contributed by atoms with van der Waals surface area (Å²) in [4.78, 5) is 12.6. The summed E-state index contributed by atoms with van der Waals surface area (Å²) in [6.07, 6.45) is 8.13. The molecule has 18 heavy (non-hydrogen) atoms. The first-order chi connectivity index (χ1) is 8.71. The first-order valence-electron chi connectivity index (χ1n) is 6.74. The van der Waals surface area contributed by atoms with Crippen molar-refractivity contribution in [2.24, 2.45) is 5.41 Å². The maximum absolute atomic E-state index is 12.6. The highest BCUT2D eigenvalue weighted by molar-refractivity contribution is 5.86. The molecule has 1 aliphatic heterocycles. The van der Waals surface area contributed by atoms with E-state index in [0.29, 0.717) is 32.5 Å². The van der Waals surface area contributed by atoms with E-state index >= 15 is 0 Å². The van der Waals surface area contributed by atoms with Crippen molar-refractivity contribution in [1.29, 1.82) is 0 Å². The molecule has 1 spiro atoms. The molecule has 1 saturated carbocycles. The van der Waals surface area contributed by atoms with Gasteiger partial charge < -0.3 is 9.47 Å². The fourth-order valence-corrected chi connectivity index (χ4v) is 3.37. The van der Waals surface area contributed by atoms with Gasteiger partial charge in [0.1, 0.15) is 5.78 Å². The zero-order valence-corrected chi connectivity index (χ0v) is 11.0. The average Bonchev–Trinajstić information content (AvgIpc) is 2.97. The van der Waals surface area contributed by atoms with E-state index in [1.807, 2.05) is 6.08 Å². The van der Waals surface area contributed by atoms with Gasteiger partial charge in [0.25, 0.3) is 0 Å². The van der Waals surface area contributed by atoms with Gasteiger partial charge in [-0.25, -0.2) is 0 Å². The van der Waals surface area contributed by atoms with Crippen LogP contribution >= 0.6 is 0 Å². The van der Waals surface area contributed by atoms with E-state index in [9.17, 15) is 4.79 Å². The van der Waals surface area contributed by atoms with Crippen molar-refractivity contribution in [2.45, 2.75) is 44.3 Å². The predicted molar refractivity (Wildman–Crippen MR) is 70.2 cm³/mol. The van der Waals surface area contributed by atoms with Gasteiger partial charge >= 0.3 is 0 Å². The Bertz CT molecular complexity index is 336.